The molecule has 1 amide bonds. The number of anilines is 1. The molecular formula is C16H18N4O2S. The zero-order chi connectivity index (χ0) is 16.4. The van der Waals surface area contributed by atoms with Crippen LogP contribution < -0.4 is 5.73 Å². The molecule has 0 saturated carbocycles. The summed E-state index contributed by atoms with van der Waals surface area (Å²) in [7, 11) is 2.04. The smallest absolute Gasteiger partial charge is 0.264 e. The quantitative estimate of drug-likeness (QED) is 0.859. The normalized spacial score (nSPS) is 15.6. The number of nitrogens with two attached hydrogens (primary N) is 1. The Balaban J connectivity index is 1.77. The molecule has 2 N–H and O–H groups in total. The summed E-state index contributed by atoms with van der Waals surface area (Å²) in [5.74, 6) is -0.00261. The van der Waals surface area contributed by atoms with Crippen LogP contribution in [0.5, 0.6) is 0 Å². The minimum Gasteiger partial charge on any atom is -0.383 e. The summed E-state index contributed by atoms with van der Waals surface area (Å²) >= 11 is 1.21. The van der Waals surface area contributed by atoms with E-state index in [0.717, 1.165) is 13.1 Å². The summed E-state index contributed by atoms with van der Waals surface area (Å²) in [5.41, 5.74) is 6.12. The number of carbonyl (C=O) groups excluding carboxylic acids is 2. The Morgan fingerprint density at radius 3 is 2.52 bits per heavy atom. The Kier molecular flexibility index (Phi) is 4.40. The van der Waals surface area contributed by atoms with Gasteiger partial charge in [0.1, 0.15) is 5.82 Å². The number of carbonyl (C=O) groups is 2. The number of thiophene rings is 1. The van der Waals surface area contributed by atoms with Gasteiger partial charge in [-0.25, -0.2) is 4.98 Å². The molecule has 6 nitrogen and oxygen atoms in total. The number of nitrogen functional groups attached to an aromatic ring is 1. The molecule has 1 aliphatic heterocycles. The lowest BCUT2D eigenvalue weighted by atomic mass is 10.1. The van der Waals surface area contributed by atoms with Crippen LogP contribution in [0.25, 0.3) is 0 Å². The number of nitrogens with zero attached hydrogens (tertiary/aromatic N) is 3. The molecule has 0 unspecified atom stereocenters. The van der Waals surface area contributed by atoms with Crippen LogP contribution in [-0.4, -0.2) is 59.7 Å². The molecule has 3 heterocycles. The lowest BCUT2D eigenvalue weighted by molar-refractivity contribution is 0.0669. The van der Waals surface area contributed by atoms with Crippen LogP contribution in [0, 0.1) is 0 Å². The van der Waals surface area contributed by atoms with E-state index in [4.69, 9.17) is 5.73 Å². The van der Waals surface area contributed by atoms with Crippen LogP contribution in [0.3, 0.4) is 0 Å². The first kappa shape index (κ1) is 15.6. The summed E-state index contributed by atoms with van der Waals surface area (Å²) in [4.78, 5) is 34.0. The Labute approximate surface area is 138 Å². The first-order chi connectivity index (χ1) is 11.1. The highest BCUT2D eigenvalue weighted by molar-refractivity contribution is 7.16. The maximum Gasteiger partial charge on any atom is 0.264 e. The second-order valence-corrected chi connectivity index (χ2v) is 6.61. The van der Waals surface area contributed by atoms with Gasteiger partial charge in [0.25, 0.3) is 5.91 Å². The van der Waals surface area contributed by atoms with Crippen molar-refractivity contribution in [2.24, 2.45) is 0 Å². The zero-order valence-corrected chi connectivity index (χ0v) is 13.7. The summed E-state index contributed by atoms with van der Waals surface area (Å²) < 4.78 is 0. The Bertz CT molecular complexity index is 735. The van der Waals surface area contributed by atoms with Gasteiger partial charge in [-0.15, -0.1) is 11.3 Å². The van der Waals surface area contributed by atoms with E-state index in [1.807, 2.05) is 11.9 Å². The van der Waals surface area contributed by atoms with Crippen LogP contribution in [-0.2, 0) is 0 Å². The molecule has 0 radical (unpaired) electrons. The third-order valence-electron chi connectivity index (χ3n) is 3.91. The molecule has 120 valence electrons. The molecule has 0 bridgehead atoms. The molecule has 0 aliphatic carbocycles. The molecule has 3 rings (SSSR count). The molecule has 1 aliphatic rings. The number of hydrogen-bond acceptors (Lipinski definition) is 6. The van der Waals surface area contributed by atoms with E-state index in [1.54, 1.807) is 30.5 Å². The summed E-state index contributed by atoms with van der Waals surface area (Å²) in [5, 5.41) is 0. The maximum atomic E-state index is 12.5. The molecule has 0 atom stereocenters. The highest BCUT2D eigenvalue weighted by Crippen LogP contribution is 2.23. The van der Waals surface area contributed by atoms with E-state index in [-0.39, 0.29) is 17.5 Å². The fourth-order valence-corrected chi connectivity index (χ4v) is 3.41. The second kappa shape index (κ2) is 6.47. The molecule has 0 aromatic carbocycles. The van der Waals surface area contributed by atoms with Gasteiger partial charge in [0.05, 0.1) is 15.3 Å². The highest BCUT2D eigenvalue weighted by atomic mass is 32.1. The van der Waals surface area contributed by atoms with Gasteiger partial charge < -0.3 is 15.5 Å². The Morgan fingerprint density at radius 2 is 1.83 bits per heavy atom. The molecule has 1 fully saturated rings. The van der Waals surface area contributed by atoms with Crippen LogP contribution in [0.1, 0.15) is 24.9 Å². The largest absolute Gasteiger partial charge is 0.383 e. The third-order valence-corrected chi connectivity index (χ3v) is 4.99. The number of hydrogen-bond donors (Lipinski definition) is 1. The van der Waals surface area contributed by atoms with Crippen molar-refractivity contribution in [3.63, 3.8) is 0 Å². The van der Waals surface area contributed by atoms with E-state index in [1.165, 1.54) is 11.3 Å². The van der Waals surface area contributed by atoms with E-state index in [0.29, 0.717) is 28.4 Å². The zero-order valence-electron chi connectivity index (χ0n) is 12.9. The van der Waals surface area contributed by atoms with Gasteiger partial charge in [-0.3, -0.25) is 9.59 Å². The van der Waals surface area contributed by atoms with Gasteiger partial charge in [0.2, 0.25) is 5.78 Å². The van der Waals surface area contributed by atoms with E-state index in [9.17, 15) is 9.59 Å². The molecule has 7 heteroatoms. The predicted molar refractivity (Wildman–Crippen MR) is 89.8 cm³/mol. The van der Waals surface area contributed by atoms with E-state index in [2.05, 4.69) is 9.88 Å². The molecule has 23 heavy (non-hydrogen) atoms. The predicted octanol–water partition coefficient (Wildman–Crippen LogP) is 1.34. The van der Waals surface area contributed by atoms with Gasteiger partial charge in [-0.1, -0.05) is 0 Å². The fourth-order valence-electron chi connectivity index (χ4n) is 2.48. The van der Waals surface area contributed by atoms with Crippen molar-refractivity contribution in [2.75, 3.05) is 39.0 Å². The second-order valence-electron chi connectivity index (χ2n) is 5.52. The first-order valence-electron chi connectivity index (χ1n) is 7.39. The number of piperazine rings is 1. The third kappa shape index (κ3) is 3.25. The summed E-state index contributed by atoms with van der Waals surface area (Å²) in [6, 6.07) is 6.72. The Morgan fingerprint density at radius 1 is 1.13 bits per heavy atom. The van der Waals surface area contributed by atoms with Gasteiger partial charge in [-0.2, -0.15) is 0 Å². The van der Waals surface area contributed by atoms with Gasteiger partial charge in [-0.05, 0) is 31.3 Å². The lowest BCUT2D eigenvalue weighted by Crippen LogP contribution is -2.46. The standard InChI is InChI=1S/C16H18N4O2S/c1-19-7-9-20(10-8-19)16(22)13-5-4-12(23-13)14(21)11-3-2-6-18-15(11)17/h2-6H,7-10H2,1H3,(H2,17,18). The van der Waals surface area contributed by atoms with Crippen molar-refractivity contribution in [2.45, 2.75) is 0 Å². The van der Waals surface area contributed by atoms with Gasteiger partial charge >= 0.3 is 0 Å². The lowest BCUT2D eigenvalue weighted by Gasteiger charge is -2.32. The van der Waals surface area contributed by atoms with Crippen molar-refractivity contribution < 1.29 is 9.59 Å². The molecule has 2 aromatic rings. The topological polar surface area (TPSA) is 79.5 Å². The number of aromatic nitrogens is 1. The average molecular weight is 330 g/mol. The number of ketones is 1. The summed E-state index contributed by atoms with van der Waals surface area (Å²) in [6.07, 6.45) is 1.54. The molecular weight excluding hydrogens is 312 g/mol. The average Bonchev–Trinajstić information content (AvgIpc) is 3.05. The van der Waals surface area contributed by atoms with Gasteiger partial charge in [0, 0.05) is 32.4 Å². The van der Waals surface area contributed by atoms with Crippen molar-refractivity contribution in [3.05, 3.63) is 45.8 Å². The monoisotopic (exact) mass is 330 g/mol. The number of likely N-dealkylation sites (N-methyl/N-ethyl adjacent to an activating group) is 1. The Hall–Kier alpha value is -2.25. The number of pyridine rings is 1. The van der Waals surface area contributed by atoms with Crippen molar-refractivity contribution in [1.82, 2.24) is 14.8 Å². The van der Waals surface area contributed by atoms with Crippen molar-refractivity contribution in [3.8, 4) is 0 Å². The van der Waals surface area contributed by atoms with Crippen LogP contribution >= 0.6 is 11.3 Å². The van der Waals surface area contributed by atoms with Gasteiger partial charge in [0.15, 0.2) is 0 Å². The molecule has 2 aromatic heterocycles. The van der Waals surface area contributed by atoms with Crippen LogP contribution in [0.2, 0.25) is 0 Å². The maximum absolute atomic E-state index is 12.5. The van der Waals surface area contributed by atoms with Crippen LogP contribution in [0.15, 0.2) is 30.5 Å². The SMILES string of the molecule is CN1CCN(C(=O)c2ccc(C(=O)c3cccnc3N)s2)CC1. The van der Waals surface area contributed by atoms with Crippen molar-refractivity contribution >= 4 is 28.8 Å². The summed E-state index contributed by atoms with van der Waals surface area (Å²) in [6.45, 7) is 3.17. The van der Waals surface area contributed by atoms with E-state index >= 15 is 0 Å². The fraction of sp³-hybridized carbons (Fsp3) is 0.312. The van der Waals surface area contributed by atoms with E-state index < -0.39 is 0 Å². The highest BCUT2D eigenvalue weighted by Gasteiger charge is 2.23. The first-order valence-corrected chi connectivity index (χ1v) is 8.21. The minimum absolute atomic E-state index is 0.0127. The molecule has 1 saturated heterocycles. The minimum atomic E-state index is -0.196. The van der Waals surface area contributed by atoms with Crippen molar-refractivity contribution in [1.29, 1.82) is 0 Å². The molecule has 0 spiro atoms. The number of amides is 1. The number of rotatable bonds is 3. The van der Waals surface area contributed by atoms with Crippen LogP contribution in [0.4, 0.5) is 5.82 Å².